The molecule has 3 heterocycles. The van der Waals surface area contributed by atoms with Crippen LogP contribution >= 0.6 is 0 Å². The van der Waals surface area contributed by atoms with Crippen LogP contribution in [0.15, 0.2) is 61.1 Å². The predicted molar refractivity (Wildman–Crippen MR) is 85.9 cm³/mol. The van der Waals surface area contributed by atoms with Gasteiger partial charge in [-0.3, -0.25) is 0 Å². The number of nitrogens with zero attached hydrogens (tertiary/aromatic N) is 4. The molecule has 118 valence electrons. The van der Waals surface area contributed by atoms with Crippen molar-refractivity contribution in [1.29, 1.82) is 0 Å². The van der Waals surface area contributed by atoms with Crippen LogP contribution in [-0.2, 0) is 0 Å². The molecule has 0 aliphatic rings. The van der Waals surface area contributed by atoms with Crippen molar-refractivity contribution in [3.63, 3.8) is 0 Å². The van der Waals surface area contributed by atoms with Gasteiger partial charge < -0.3 is 5.32 Å². The first-order valence-electron chi connectivity index (χ1n) is 7.18. The maximum atomic E-state index is 13.3. The fraction of sp³-hybridized carbons (Fsp3) is 0. The number of nitrogens with one attached hydrogen (secondary N) is 1. The van der Waals surface area contributed by atoms with Gasteiger partial charge in [-0.05, 0) is 42.0 Å². The van der Waals surface area contributed by atoms with Crippen molar-refractivity contribution >= 4 is 17.0 Å². The summed E-state index contributed by atoms with van der Waals surface area (Å²) >= 11 is 0. The van der Waals surface area contributed by atoms with E-state index in [0.29, 0.717) is 11.5 Å². The Morgan fingerprint density at radius 2 is 1.83 bits per heavy atom. The largest absolute Gasteiger partial charge is 0.340 e. The number of fused-ring (bicyclic) bond motifs is 1. The Labute approximate surface area is 135 Å². The monoisotopic (exact) mass is 323 g/mol. The Balaban J connectivity index is 1.70. The molecule has 0 saturated heterocycles. The second-order valence-corrected chi connectivity index (χ2v) is 5.14. The van der Waals surface area contributed by atoms with Crippen LogP contribution in [0.4, 0.5) is 20.3 Å². The number of hydrogen-bond donors (Lipinski definition) is 1. The highest BCUT2D eigenvalue weighted by Gasteiger charge is 2.09. The van der Waals surface area contributed by atoms with E-state index in [-0.39, 0.29) is 0 Å². The number of hydrogen-bond acceptors (Lipinski definition) is 4. The normalized spacial score (nSPS) is 10.9. The zero-order chi connectivity index (χ0) is 16.5. The summed E-state index contributed by atoms with van der Waals surface area (Å²) in [6, 6.07) is 11.0. The molecule has 0 radical (unpaired) electrons. The summed E-state index contributed by atoms with van der Waals surface area (Å²) in [5.41, 5.74) is 3.07. The lowest BCUT2D eigenvalue weighted by molar-refractivity contribution is 0.509. The van der Waals surface area contributed by atoms with Crippen molar-refractivity contribution in [2.24, 2.45) is 0 Å². The molecule has 7 heteroatoms. The summed E-state index contributed by atoms with van der Waals surface area (Å²) in [5, 5.41) is 11.3. The lowest BCUT2D eigenvalue weighted by Gasteiger charge is -2.07. The zero-order valence-corrected chi connectivity index (χ0v) is 12.3. The van der Waals surface area contributed by atoms with Crippen molar-refractivity contribution in [3.05, 3.63) is 72.7 Å². The number of pyridine rings is 1. The summed E-state index contributed by atoms with van der Waals surface area (Å²) < 4.78 is 27.8. The molecule has 4 rings (SSSR count). The first-order valence-corrected chi connectivity index (χ1v) is 7.18. The molecule has 4 aromatic rings. The Bertz CT molecular complexity index is 1030. The molecule has 0 fully saturated rings. The molecule has 0 atom stereocenters. The molecular formula is C17H11F2N5. The molecule has 0 aliphatic carbocycles. The van der Waals surface area contributed by atoms with Crippen LogP contribution in [0.1, 0.15) is 0 Å². The van der Waals surface area contributed by atoms with E-state index in [1.807, 2.05) is 24.3 Å². The standard InChI is InChI=1S/C17H11F2N5/c18-14-4-3-12(9-15(14)19)23-17-8-11(5-7-20-17)13-10-22-24-16(13)2-1-6-21-24/h1-10H,(H,20,23). The summed E-state index contributed by atoms with van der Waals surface area (Å²) in [5.74, 6) is -1.28. The van der Waals surface area contributed by atoms with Gasteiger partial charge in [0.1, 0.15) is 5.82 Å². The lowest BCUT2D eigenvalue weighted by atomic mass is 10.1. The van der Waals surface area contributed by atoms with E-state index in [1.54, 1.807) is 18.6 Å². The number of benzene rings is 1. The predicted octanol–water partition coefficient (Wildman–Crippen LogP) is 3.81. The molecule has 0 aliphatic heterocycles. The van der Waals surface area contributed by atoms with Crippen molar-refractivity contribution in [2.45, 2.75) is 0 Å². The van der Waals surface area contributed by atoms with Crippen LogP contribution in [0.25, 0.3) is 16.6 Å². The molecule has 1 aromatic carbocycles. The molecule has 0 amide bonds. The highest BCUT2D eigenvalue weighted by molar-refractivity contribution is 5.80. The van der Waals surface area contributed by atoms with Gasteiger partial charge in [0, 0.05) is 29.7 Å². The highest BCUT2D eigenvalue weighted by Crippen LogP contribution is 2.26. The molecule has 0 spiro atoms. The zero-order valence-electron chi connectivity index (χ0n) is 12.3. The molecule has 0 unspecified atom stereocenters. The summed E-state index contributed by atoms with van der Waals surface area (Å²) in [6.07, 6.45) is 5.02. The molecular weight excluding hydrogens is 312 g/mol. The minimum Gasteiger partial charge on any atom is -0.340 e. The minimum atomic E-state index is -0.912. The maximum absolute atomic E-state index is 13.3. The van der Waals surface area contributed by atoms with E-state index in [4.69, 9.17) is 0 Å². The molecule has 3 aromatic heterocycles. The SMILES string of the molecule is Fc1ccc(Nc2cc(-c3cnn4ncccc34)ccn2)cc1F. The van der Waals surface area contributed by atoms with Gasteiger partial charge in [-0.25, -0.2) is 13.8 Å². The third-order valence-corrected chi connectivity index (χ3v) is 3.57. The van der Waals surface area contributed by atoms with Crippen LogP contribution in [0.3, 0.4) is 0 Å². The van der Waals surface area contributed by atoms with Crippen LogP contribution in [0.5, 0.6) is 0 Å². The summed E-state index contributed by atoms with van der Waals surface area (Å²) in [4.78, 5) is 4.21. The Morgan fingerprint density at radius 1 is 0.917 bits per heavy atom. The smallest absolute Gasteiger partial charge is 0.160 e. The Morgan fingerprint density at radius 3 is 2.71 bits per heavy atom. The minimum absolute atomic E-state index is 0.417. The highest BCUT2D eigenvalue weighted by atomic mass is 19.2. The molecule has 24 heavy (non-hydrogen) atoms. The topological polar surface area (TPSA) is 55.1 Å². The van der Waals surface area contributed by atoms with Crippen LogP contribution in [0.2, 0.25) is 0 Å². The van der Waals surface area contributed by atoms with Crippen LogP contribution < -0.4 is 5.32 Å². The molecule has 0 bridgehead atoms. The van der Waals surface area contributed by atoms with E-state index in [9.17, 15) is 8.78 Å². The third kappa shape index (κ3) is 2.56. The third-order valence-electron chi connectivity index (χ3n) is 3.57. The second-order valence-electron chi connectivity index (χ2n) is 5.14. The number of halogens is 2. The van der Waals surface area contributed by atoms with E-state index < -0.39 is 11.6 Å². The lowest BCUT2D eigenvalue weighted by Crippen LogP contribution is -1.95. The first-order chi connectivity index (χ1) is 11.7. The van der Waals surface area contributed by atoms with Gasteiger partial charge in [-0.15, -0.1) is 0 Å². The van der Waals surface area contributed by atoms with Gasteiger partial charge in [0.05, 0.1) is 11.7 Å². The van der Waals surface area contributed by atoms with Gasteiger partial charge in [0.2, 0.25) is 0 Å². The Kier molecular flexibility index (Phi) is 3.38. The molecule has 5 nitrogen and oxygen atoms in total. The van der Waals surface area contributed by atoms with Crippen molar-refractivity contribution in [1.82, 2.24) is 19.8 Å². The fourth-order valence-electron chi connectivity index (χ4n) is 2.44. The van der Waals surface area contributed by atoms with E-state index in [2.05, 4.69) is 20.5 Å². The van der Waals surface area contributed by atoms with Crippen molar-refractivity contribution in [3.8, 4) is 11.1 Å². The van der Waals surface area contributed by atoms with Crippen molar-refractivity contribution < 1.29 is 8.78 Å². The van der Waals surface area contributed by atoms with Gasteiger partial charge in [-0.2, -0.15) is 14.8 Å². The maximum Gasteiger partial charge on any atom is 0.160 e. The quantitative estimate of drug-likeness (QED) is 0.623. The number of aromatic nitrogens is 4. The van der Waals surface area contributed by atoms with Gasteiger partial charge in [-0.1, -0.05) is 0 Å². The molecule has 0 saturated carbocycles. The average Bonchev–Trinajstić information content (AvgIpc) is 3.03. The van der Waals surface area contributed by atoms with Gasteiger partial charge in [0.25, 0.3) is 0 Å². The van der Waals surface area contributed by atoms with E-state index >= 15 is 0 Å². The van der Waals surface area contributed by atoms with Gasteiger partial charge in [0.15, 0.2) is 11.6 Å². The average molecular weight is 323 g/mol. The van der Waals surface area contributed by atoms with Crippen LogP contribution in [-0.4, -0.2) is 19.8 Å². The number of rotatable bonds is 3. The molecule has 1 N–H and O–H groups in total. The van der Waals surface area contributed by atoms with Gasteiger partial charge >= 0.3 is 0 Å². The summed E-state index contributed by atoms with van der Waals surface area (Å²) in [7, 11) is 0. The Hall–Kier alpha value is -3.35. The fourth-order valence-corrected chi connectivity index (χ4v) is 2.44. The van der Waals surface area contributed by atoms with E-state index in [0.717, 1.165) is 28.8 Å². The second kappa shape index (κ2) is 5.69. The number of anilines is 2. The first kappa shape index (κ1) is 14.3. The van der Waals surface area contributed by atoms with Crippen molar-refractivity contribution in [2.75, 3.05) is 5.32 Å². The van der Waals surface area contributed by atoms with E-state index in [1.165, 1.54) is 10.7 Å². The summed E-state index contributed by atoms with van der Waals surface area (Å²) in [6.45, 7) is 0. The van der Waals surface area contributed by atoms with Crippen LogP contribution in [0, 0.1) is 11.6 Å².